The molecule has 0 aromatic carbocycles. The summed E-state index contributed by atoms with van der Waals surface area (Å²) in [5.74, 6) is 10.9. The van der Waals surface area contributed by atoms with E-state index in [4.69, 9.17) is 61.6 Å². The molecule has 1 N–H and O–H groups in total. The van der Waals surface area contributed by atoms with Gasteiger partial charge in [-0.2, -0.15) is 0 Å². The Morgan fingerprint density at radius 3 is 1.18 bits per heavy atom. The molecule has 7 saturated heterocycles. The fourth-order valence-corrected chi connectivity index (χ4v) is 18.9. The minimum absolute atomic E-state index is 0.0517. The topological polar surface area (TPSA) is 140 Å². The predicted octanol–water partition coefficient (Wildman–Crippen LogP) is 12.8. The van der Waals surface area contributed by atoms with Crippen LogP contribution in [0.4, 0.5) is 0 Å². The lowest BCUT2D eigenvalue weighted by Crippen LogP contribution is -2.64. The summed E-state index contributed by atoms with van der Waals surface area (Å²) in [6, 6.07) is 0. The third kappa shape index (κ3) is 12.7. The minimum atomic E-state index is -0.520. The Morgan fingerprint density at radius 1 is 0.329 bits per heavy atom. The first-order valence-corrected chi connectivity index (χ1v) is 33.7. The van der Waals surface area contributed by atoms with Crippen molar-refractivity contribution in [3.63, 3.8) is 0 Å². The first kappa shape index (κ1) is 65.9. The van der Waals surface area contributed by atoms with Gasteiger partial charge in [0.15, 0.2) is 44.0 Å². The first-order chi connectivity index (χ1) is 38.8. The molecule has 0 aromatic heterocycles. The molecule has 11 rings (SSSR count). The molecular weight excluding hydrogens is 1040 g/mol. The Kier molecular flexibility index (Phi) is 21.9. The van der Waals surface area contributed by atoms with Crippen LogP contribution in [0.1, 0.15) is 177 Å². The van der Waals surface area contributed by atoms with E-state index >= 15 is 0 Å². The summed E-state index contributed by atoms with van der Waals surface area (Å²) >= 11 is 0. The van der Waals surface area contributed by atoms with E-state index in [1.807, 2.05) is 0 Å². The molecule has 0 amide bonds. The monoisotopic (exact) mass is 1160 g/mol. The molecule has 4 saturated carbocycles. The van der Waals surface area contributed by atoms with E-state index in [0.717, 1.165) is 31.6 Å². The Hall–Kier alpha value is -0.560. The van der Waals surface area contributed by atoms with Crippen LogP contribution in [0.3, 0.4) is 0 Å². The highest BCUT2D eigenvalue weighted by Crippen LogP contribution is 2.57. The van der Waals surface area contributed by atoms with E-state index in [1.54, 1.807) is 14.2 Å². The lowest BCUT2D eigenvalue weighted by Gasteiger charge is -2.59. The zero-order valence-electron chi connectivity index (χ0n) is 55.2. The second kappa shape index (κ2) is 27.3. The maximum absolute atomic E-state index is 9.53. The highest BCUT2D eigenvalue weighted by Gasteiger charge is 2.60. The SMILES string of the molecule is CC1C[C@@H]2C(C)C(O)OC(C)[C@@H]12.CC[C@@H]1C(C)O[C@@H](OC2C[C@@H]3C(C)[C@H](OC)OC(C)[C@@H]23)C(C)[C@H]1C.CC[C@@H]1C(C)O[C@@H](OC2C[C@@H]3C(C)[C@H](OC4C[C@@H]5C(CO[C@@H]6OC(C)[C@@H](C)[C@H](C)C6C)[C@H](OC)OC(C)[C@@H]45)OC(C)[C@@H]23)C(C)[C@H]1C. The van der Waals surface area contributed by atoms with E-state index in [2.05, 4.69) is 138 Å². The molecule has 0 bridgehead atoms. The second-order valence-electron chi connectivity index (χ2n) is 29.6. The quantitative estimate of drug-likeness (QED) is 0.187. The van der Waals surface area contributed by atoms with E-state index < -0.39 is 6.29 Å². The highest BCUT2D eigenvalue weighted by molar-refractivity contribution is 5.05. The standard InChI is InChI=1S/C38H66O8.C20H36O4.C10H18O2/c1-13-27-19(4)21(6)36(42-24(27)9)45-31-14-28-22(7)37(43-25(10)33(28)31)46-32-15-29-30(38(39-12)44-26(11)34(29)32)16-40-35-20(5)17(2)18(3)23(8)41-35;1-8-15-10(2)11(3)20(22-13(15)5)24-17-9-16-12(4)19(21-7)23-14(6)18(16)17;1-5-4-8-6(2)10(11)12-7(3)9(5)8/h17-38H,13-16H2,1-12H3;10-20H,8-9H2,1-7H3;5-11H,4H2,1-3H3/t17-,18-,19+,20?,21?,22?,23?,24?,25?,26?,27-,28+,29+,30?,31?,32?,33+,34+,35+,36-,37-,38+;10-,11?,12?,13?,14?,15+,16-,17?,18-,19-,20+;5?,6?,7?,8-,9-,10?/m011/s1. The summed E-state index contributed by atoms with van der Waals surface area (Å²) in [7, 11) is 3.49. The van der Waals surface area contributed by atoms with Crippen molar-refractivity contribution < 1.29 is 66.7 Å². The first-order valence-electron chi connectivity index (χ1n) is 33.7. The molecule has 14 heteroatoms. The molecule has 19 unspecified atom stereocenters. The normalized spacial score (nSPS) is 56.7. The summed E-state index contributed by atoms with van der Waals surface area (Å²) in [5, 5.41) is 9.53. The molecule has 11 aliphatic rings. The summed E-state index contributed by atoms with van der Waals surface area (Å²) in [6.07, 6.45) is 7.08. The van der Waals surface area contributed by atoms with Gasteiger partial charge in [0, 0.05) is 73.4 Å². The van der Waals surface area contributed by atoms with Crippen molar-refractivity contribution in [1.29, 1.82) is 0 Å². The maximum Gasteiger partial charge on any atom is 0.162 e. The average Bonchev–Trinajstić information content (AvgIpc) is 3.24. The largest absolute Gasteiger partial charge is 0.368 e. The van der Waals surface area contributed by atoms with Gasteiger partial charge in [0.25, 0.3) is 0 Å². The van der Waals surface area contributed by atoms with Gasteiger partial charge in [-0.3, -0.25) is 0 Å². The highest BCUT2D eigenvalue weighted by atomic mass is 16.7. The van der Waals surface area contributed by atoms with Gasteiger partial charge in [0.2, 0.25) is 0 Å². The summed E-state index contributed by atoms with van der Waals surface area (Å²) in [5.41, 5.74) is 0. The van der Waals surface area contributed by atoms with Gasteiger partial charge in [0.1, 0.15) is 0 Å². The number of ether oxygens (including phenoxy) is 13. The average molecular weight is 1160 g/mol. The molecule has 7 heterocycles. The molecular formula is C68H120O14. The van der Waals surface area contributed by atoms with Crippen molar-refractivity contribution in [3.8, 4) is 0 Å². The lowest BCUT2D eigenvalue weighted by molar-refractivity contribution is -0.359. The number of aliphatic hydroxyl groups excluding tert-OH is 1. The molecule has 0 spiro atoms. The third-order valence-corrected chi connectivity index (χ3v) is 25.6. The van der Waals surface area contributed by atoms with Crippen LogP contribution in [-0.2, 0) is 61.6 Å². The molecule has 39 atom stereocenters. The van der Waals surface area contributed by atoms with Crippen molar-refractivity contribution in [3.05, 3.63) is 0 Å². The smallest absolute Gasteiger partial charge is 0.162 e. The van der Waals surface area contributed by atoms with Gasteiger partial charge in [-0.25, -0.2) is 0 Å². The van der Waals surface area contributed by atoms with Crippen molar-refractivity contribution in [2.24, 2.45) is 130 Å². The lowest BCUT2D eigenvalue weighted by atomic mass is 9.58. The number of aliphatic hydroxyl groups is 1. The fourth-order valence-electron chi connectivity index (χ4n) is 18.9. The summed E-state index contributed by atoms with van der Waals surface area (Å²) < 4.78 is 81.6. The van der Waals surface area contributed by atoms with Crippen molar-refractivity contribution in [2.45, 2.75) is 282 Å². The van der Waals surface area contributed by atoms with E-state index in [0.29, 0.717) is 125 Å². The summed E-state index contributed by atoms with van der Waals surface area (Å²) in [4.78, 5) is 0. The van der Waals surface area contributed by atoms with Gasteiger partial charge in [-0.05, 0) is 145 Å². The molecule has 82 heavy (non-hydrogen) atoms. The molecule has 11 fully saturated rings. The maximum atomic E-state index is 9.53. The van der Waals surface area contributed by atoms with Crippen LogP contribution in [0.15, 0.2) is 0 Å². The van der Waals surface area contributed by atoms with Gasteiger partial charge < -0.3 is 66.7 Å². The molecule has 4 aliphatic carbocycles. The number of hydrogen-bond donors (Lipinski definition) is 1. The molecule has 0 radical (unpaired) electrons. The molecule has 476 valence electrons. The predicted molar refractivity (Wildman–Crippen MR) is 315 cm³/mol. The second-order valence-corrected chi connectivity index (χ2v) is 29.6. The number of methoxy groups -OCH3 is 2. The fraction of sp³-hybridized carbons (Fsp3) is 1.00. The molecule has 0 aromatic rings. The van der Waals surface area contributed by atoms with Crippen LogP contribution in [0.5, 0.6) is 0 Å². The Balaban J connectivity index is 0.000000185. The van der Waals surface area contributed by atoms with Crippen molar-refractivity contribution >= 4 is 0 Å². The molecule has 7 aliphatic heterocycles. The zero-order chi connectivity index (χ0) is 59.7. The van der Waals surface area contributed by atoms with Gasteiger partial charge in [-0.15, -0.1) is 0 Å². The van der Waals surface area contributed by atoms with E-state index in [-0.39, 0.29) is 105 Å². The van der Waals surface area contributed by atoms with Crippen LogP contribution >= 0.6 is 0 Å². The van der Waals surface area contributed by atoms with Crippen LogP contribution < -0.4 is 0 Å². The number of hydrogen-bond acceptors (Lipinski definition) is 14. The Morgan fingerprint density at radius 2 is 0.707 bits per heavy atom. The number of fused-ring (bicyclic) bond motifs is 4. The minimum Gasteiger partial charge on any atom is -0.368 e. The molecule has 14 nitrogen and oxygen atoms in total. The van der Waals surface area contributed by atoms with Crippen LogP contribution in [0.25, 0.3) is 0 Å². The number of rotatable bonds is 13. The zero-order valence-corrected chi connectivity index (χ0v) is 55.2. The summed E-state index contributed by atoms with van der Waals surface area (Å²) in [6.45, 7) is 45.4. The Labute approximate surface area is 497 Å². The van der Waals surface area contributed by atoms with Gasteiger partial charge in [0.05, 0.1) is 67.6 Å². The van der Waals surface area contributed by atoms with Crippen LogP contribution in [-0.4, -0.2) is 131 Å². The van der Waals surface area contributed by atoms with Crippen molar-refractivity contribution in [1.82, 2.24) is 0 Å². The van der Waals surface area contributed by atoms with Crippen LogP contribution in [0.2, 0.25) is 0 Å². The van der Waals surface area contributed by atoms with Crippen LogP contribution in [0, 0.1) is 130 Å². The van der Waals surface area contributed by atoms with E-state index in [1.165, 1.54) is 12.8 Å². The van der Waals surface area contributed by atoms with E-state index in [9.17, 15) is 5.11 Å². The third-order valence-electron chi connectivity index (χ3n) is 25.6. The van der Waals surface area contributed by atoms with Gasteiger partial charge >= 0.3 is 0 Å². The van der Waals surface area contributed by atoms with Crippen molar-refractivity contribution in [2.75, 3.05) is 20.8 Å². The Bertz CT molecular complexity index is 2000. The van der Waals surface area contributed by atoms with Gasteiger partial charge in [-0.1, -0.05) is 103 Å².